The van der Waals surface area contributed by atoms with Gasteiger partial charge in [-0.05, 0) is 31.1 Å². The molecule has 1 saturated heterocycles. The predicted octanol–water partition coefficient (Wildman–Crippen LogP) is 0.236. The van der Waals surface area contributed by atoms with Crippen LogP contribution in [0.5, 0.6) is 0 Å². The molecule has 7 nitrogen and oxygen atoms in total. The maximum absolute atomic E-state index is 12.1. The molecular formula is C15H27N3O4. The topological polar surface area (TPSA) is 122 Å². The molecule has 1 rings (SSSR count). The highest BCUT2D eigenvalue weighted by Gasteiger charge is 2.31. The van der Waals surface area contributed by atoms with E-state index in [9.17, 15) is 19.5 Å². The fraction of sp³-hybridized carbons (Fsp3) is 0.800. The normalized spacial score (nSPS) is 21.6. The number of amides is 2. The smallest absolute Gasteiger partial charge is 0.326 e. The molecule has 0 radical (unpaired) electrons. The largest absolute Gasteiger partial charge is 0.480 e. The van der Waals surface area contributed by atoms with Crippen molar-refractivity contribution in [1.29, 1.82) is 0 Å². The number of rotatable bonds is 6. The Morgan fingerprint density at radius 3 is 2.59 bits per heavy atom. The zero-order valence-electron chi connectivity index (χ0n) is 13.5. The first-order valence-electron chi connectivity index (χ1n) is 7.66. The van der Waals surface area contributed by atoms with Crippen LogP contribution in [0.15, 0.2) is 0 Å². The number of carboxylic acids is 1. The minimum Gasteiger partial charge on any atom is -0.480 e. The highest BCUT2D eigenvalue weighted by molar-refractivity contribution is 5.87. The minimum atomic E-state index is -1.14. The summed E-state index contributed by atoms with van der Waals surface area (Å²) in [4.78, 5) is 35.1. The third-order valence-corrected chi connectivity index (χ3v) is 3.70. The Hall–Kier alpha value is -1.63. The Morgan fingerprint density at radius 1 is 1.45 bits per heavy atom. The van der Waals surface area contributed by atoms with Gasteiger partial charge in [-0.3, -0.25) is 9.59 Å². The van der Waals surface area contributed by atoms with Crippen molar-refractivity contribution in [2.75, 3.05) is 6.54 Å². The van der Waals surface area contributed by atoms with Crippen molar-refractivity contribution in [3.05, 3.63) is 0 Å². The molecule has 0 aromatic heterocycles. The monoisotopic (exact) mass is 313 g/mol. The van der Waals surface area contributed by atoms with E-state index in [1.807, 2.05) is 20.8 Å². The number of nitrogens with one attached hydrogen (secondary N) is 2. The Bertz CT molecular complexity index is 431. The van der Waals surface area contributed by atoms with Crippen LogP contribution < -0.4 is 16.4 Å². The second kappa shape index (κ2) is 7.58. The van der Waals surface area contributed by atoms with Gasteiger partial charge in [-0.2, -0.15) is 0 Å². The van der Waals surface area contributed by atoms with Gasteiger partial charge >= 0.3 is 5.97 Å². The van der Waals surface area contributed by atoms with Gasteiger partial charge in [0.05, 0.1) is 6.04 Å². The first-order valence-corrected chi connectivity index (χ1v) is 7.66. The third-order valence-electron chi connectivity index (χ3n) is 3.70. The van der Waals surface area contributed by atoms with Gasteiger partial charge in [-0.15, -0.1) is 0 Å². The van der Waals surface area contributed by atoms with Gasteiger partial charge in [-0.25, -0.2) is 4.79 Å². The van der Waals surface area contributed by atoms with Crippen molar-refractivity contribution < 1.29 is 19.5 Å². The molecule has 7 heteroatoms. The SMILES string of the molecule is CC(C)(C)C[C@H](N)C(=O)NC(C[C@@H]1CCCNC1=O)C(=O)O. The van der Waals surface area contributed by atoms with Crippen molar-refractivity contribution in [3.8, 4) is 0 Å². The molecule has 3 atom stereocenters. The number of hydrogen-bond acceptors (Lipinski definition) is 4. The Labute approximate surface area is 131 Å². The van der Waals surface area contributed by atoms with Crippen LogP contribution in [0.3, 0.4) is 0 Å². The summed E-state index contributed by atoms with van der Waals surface area (Å²) in [5, 5.41) is 14.4. The lowest BCUT2D eigenvalue weighted by Crippen LogP contribution is -2.51. The fourth-order valence-corrected chi connectivity index (χ4v) is 2.60. The molecular weight excluding hydrogens is 286 g/mol. The van der Waals surface area contributed by atoms with E-state index < -0.39 is 24.0 Å². The molecule has 22 heavy (non-hydrogen) atoms. The molecule has 0 saturated carbocycles. The van der Waals surface area contributed by atoms with Crippen LogP contribution in [0, 0.1) is 11.3 Å². The average Bonchev–Trinajstić information content (AvgIpc) is 2.38. The van der Waals surface area contributed by atoms with Gasteiger partial charge < -0.3 is 21.5 Å². The minimum absolute atomic E-state index is 0.0924. The zero-order valence-corrected chi connectivity index (χ0v) is 13.5. The second-order valence-corrected chi connectivity index (χ2v) is 7.14. The first-order chi connectivity index (χ1) is 10.1. The number of nitrogens with two attached hydrogens (primary N) is 1. The van der Waals surface area contributed by atoms with Crippen molar-refractivity contribution in [1.82, 2.24) is 10.6 Å². The van der Waals surface area contributed by atoms with E-state index in [1.165, 1.54) is 0 Å². The van der Waals surface area contributed by atoms with Gasteiger partial charge in [0.1, 0.15) is 6.04 Å². The van der Waals surface area contributed by atoms with Gasteiger partial charge in [0.25, 0.3) is 0 Å². The molecule has 5 N–H and O–H groups in total. The van der Waals surface area contributed by atoms with Crippen LogP contribution in [0.25, 0.3) is 0 Å². The number of carbonyl (C=O) groups is 3. The van der Waals surface area contributed by atoms with Gasteiger partial charge in [0.15, 0.2) is 0 Å². The van der Waals surface area contributed by atoms with Crippen LogP contribution in [-0.2, 0) is 14.4 Å². The number of piperidine rings is 1. The molecule has 0 bridgehead atoms. The molecule has 2 amide bonds. The maximum Gasteiger partial charge on any atom is 0.326 e. The number of hydrogen-bond donors (Lipinski definition) is 4. The van der Waals surface area contributed by atoms with Crippen molar-refractivity contribution in [2.24, 2.45) is 17.1 Å². The van der Waals surface area contributed by atoms with E-state index >= 15 is 0 Å². The van der Waals surface area contributed by atoms with Crippen molar-refractivity contribution >= 4 is 17.8 Å². The van der Waals surface area contributed by atoms with E-state index in [-0.39, 0.29) is 23.7 Å². The lowest BCUT2D eigenvalue weighted by atomic mass is 9.87. The Balaban J connectivity index is 2.62. The molecule has 0 aliphatic carbocycles. The van der Waals surface area contributed by atoms with E-state index in [0.29, 0.717) is 19.4 Å². The van der Waals surface area contributed by atoms with E-state index in [4.69, 9.17) is 5.73 Å². The zero-order chi connectivity index (χ0) is 16.9. The highest BCUT2D eigenvalue weighted by atomic mass is 16.4. The van der Waals surface area contributed by atoms with Crippen molar-refractivity contribution in [2.45, 2.75) is 58.5 Å². The third kappa shape index (κ3) is 6.01. The Kier molecular flexibility index (Phi) is 6.34. The van der Waals surface area contributed by atoms with E-state index in [2.05, 4.69) is 10.6 Å². The summed E-state index contributed by atoms with van der Waals surface area (Å²) < 4.78 is 0. The van der Waals surface area contributed by atoms with Crippen LogP contribution in [0.1, 0.15) is 46.5 Å². The molecule has 1 unspecified atom stereocenters. The van der Waals surface area contributed by atoms with Gasteiger partial charge in [0, 0.05) is 12.5 Å². The summed E-state index contributed by atoms with van der Waals surface area (Å²) in [7, 11) is 0. The predicted molar refractivity (Wildman–Crippen MR) is 82.0 cm³/mol. The lowest BCUT2D eigenvalue weighted by molar-refractivity contribution is -0.143. The van der Waals surface area contributed by atoms with E-state index in [0.717, 1.165) is 6.42 Å². The van der Waals surface area contributed by atoms with E-state index in [1.54, 1.807) is 0 Å². The van der Waals surface area contributed by atoms with Gasteiger partial charge in [-0.1, -0.05) is 20.8 Å². The van der Waals surface area contributed by atoms with Gasteiger partial charge in [0.2, 0.25) is 11.8 Å². The van der Waals surface area contributed by atoms with Crippen molar-refractivity contribution in [3.63, 3.8) is 0 Å². The summed E-state index contributed by atoms with van der Waals surface area (Å²) in [6.45, 7) is 6.50. The number of carbonyl (C=O) groups excluding carboxylic acids is 2. The molecule has 126 valence electrons. The first kappa shape index (κ1) is 18.4. The molecule has 1 fully saturated rings. The molecule has 1 aliphatic rings. The Morgan fingerprint density at radius 2 is 2.09 bits per heavy atom. The summed E-state index contributed by atoms with van der Waals surface area (Å²) >= 11 is 0. The van der Waals surface area contributed by atoms with Crippen LogP contribution in [0.2, 0.25) is 0 Å². The lowest BCUT2D eigenvalue weighted by Gasteiger charge is -2.27. The summed E-state index contributed by atoms with van der Waals surface area (Å²) in [5.41, 5.74) is 5.70. The molecule has 0 aromatic carbocycles. The molecule has 1 heterocycles. The van der Waals surface area contributed by atoms with Crippen LogP contribution in [0.4, 0.5) is 0 Å². The average molecular weight is 313 g/mol. The van der Waals surface area contributed by atoms with Crippen LogP contribution in [-0.4, -0.2) is 41.5 Å². The molecule has 0 aromatic rings. The second-order valence-electron chi connectivity index (χ2n) is 7.14. The molecule has 0 spiro atoms. The fourth-order valence-electron chi connectivity index (χ4n) is 2.60. The summed E-state index contributed by atoms with van der Waals surface area (Å²) in [6.07, 6.45) is 2.00. The maximum atomic E-state index is 12.1. The number of aliphatic carboxylic acids is 1. The summed E-state index contributed by atoms with van der Waals surface area (Å²) in [5.74, 6) is -2.16. The van der Waals surface area contributed by atoms with Crippen LogP contribution >= 0.6 is 0 Å². The quantitative estimate of drug-likeness (QED) is 0.559. The molecule has 1 aliphatic heterocycles. The number of carboxylic acid groups (broad SMARTS) is 1. The highest BCUT2D eigenvalue weighted by Crippen LogP contribution is 2.21. The summed E-state index contributed by atoms with van der Waals surface area (Å²) in [6, 6.07) is -1.85. The standard InChI is InChI=1S/C15H27N3O4/c1-15(2,3)8-10(16)13(20)18-11(14(21)22)7-9-5-4-6-17-12(9)19/h9-11H,4-8,16H2,1-3H3,(H,17,19)(H,18,20)(H,21,22)/t9-,10-,11?/m0/s1.